The molecule has 1 N–H and O–H groups in total. The van der Waals surface area contributed by atoms with Crippen molar-refractivity contribution in [2.75, 3.05) is 18.4 Å². The van der Waals surface area contributed by atoms with Crippen molar-refractivity contribution in [2.45, 2.75) is 26.0 Å². The second kappa shape index (κ2) is 8.31. The fourth-order valence-electron chi connectivity index (χ4n) is 2.33. The van der Waals surface area contributed by atoms with Crippen LogP contribution < -0.4 is 5.32 Å². The van der Waals surface area contributed by atoms with Crippen molar-refractivity contribution in [3.8, 4) is 0 Å². The van der Waals surface area contributed by atoms with Gasteiger partial charge < -0.3 is 10.2 Å². The standard InChI is InChI=1S/C18H22N2OS2/c1-4-20(5-2)18(22)23-13(3)17(21)19-16-12-8-10-14-9-6-7-11-15(14)16/h6-13H,4-5H2,1-3H3,(H,19,21)/t13-/m1/s1. The Hall–Kier alpha value is -1.59. The number of thioether (sulfide) groups is 1. The Morgan fingerprint density at radius 1 is 1.17 bits per heavy atom. The lowest BCUT2D eigenvalue weighted by Gasteiger charge is -2.23. The zero-order valence-corrected chi connectivity index (χ0v) is 15.3. The monoisotopic (exact) mass is 346 g/mol. The molecule has 3 nitrogen and oxygen atoms in total. The number of amides is 1. The molecule has 0 aliphatic rings. The number of hydrogen-bond donors (Lipinski definition) is 1. The van der Waals surface area contributed by atoms with Gasteiger partial charge in [-0.15, -0.1) is 0 Å². The first-order valence-corrected chi connectivity index (χ1v) is 9.09. The van der Waals surface area contributed by atoms with E-state index in [1.165, 1.54) is 11.8 Å². The first-order chi connectivity index (χ1) is 11.1. The lowest BCUT2D eigenvalue weighted by atomic mass is 10.1. The average molecular weight is 347 g/mol. The molecule has 5 heteroatoms. The van der Waals surface area contributed by atoms with Crippen molar-refractivity contribution >= 4 is 50.7 Å². The third kappa shape index (κ3) is 4.45. The highest BCUT2D eigenvalue weighted by atomic mass is 32.2. The summed E-state index contributed by atoms with van der Waals surface area (Å²) < 4.78 is 0.774. The van der Waals surface area contributed by atoms with Crippen molar-refractivity contribution < 1.29 is 4.79 Å². The fraction of sp³-hybridized carbons (Fsp3) is 0.333. The molecule has 0 bridgehead atoms. The van der Waals surface area contributed by atoms with Gasteiger partial charge in [0.05, 0.1) is 5.25 Å². The number of nitrogens with one attached hydrogen (secondary N) is 1. The third-order valence-electron chi connectivity index (χ3n) is 3.72. The number of hydrogen-bond acceptors (Lipinski definition) is 3. The molecule has 0 saturated heterocycles. The highest BCUT2D eigenvalue weighted by Crippen LogP contribution is 2.24. The van der Waals surface area contributed by atoms with Crippen molar-refractivity contribution in [3.63, 3.8) is 0 Å². The minimum Gasteiger partial charge on any atom is -0.358 e. The van der Waals surface area contributed by atoms with Gasteiger partial charge in [-0.2, -0.15) is 0 Å². The van der Waals surface area contributed by atoms with Gasteiger partial charge in [-0.25, -0.2) is 0 Å². The number of benzene rings is 2. The molecule has 0 aliphatic heterocycles. The van der Waals surface area contributed by atoms with Crippen LogP contribution in [0.15, 0.2) is 42.5 Å². The predicted molar refractivity (Wildman–Crippen MR) is 105 cm³/mol. The summed E-state index contributed by atoms with van der Waals surface area (Å²) in [5.41, 5.74) is 0.842. The van der Waals surface area contributed by atoms with E-state index in [0.717, 1.165) is 33.9 Å². The highest BCUT2D eigenvalue weighted by Gasteiger charge is 2.18. The Morgan fingerprint density at radius 3 is 2.52 bits per heavy atom. The van der Waals surface area contributed by atoms with Crippen LogP contribution in [-0.4, -0.2) is 33.5 Å². The van der Waals surface area contributed by atoms with Gasteiger partial charge in [0.25, 0.3) is 0 Å². The Morgan fingerprint density at radius 2 is 1.83 bits per heavy atom. The average Bonchev–Trinajstić information content (AvgIpc) is 2.56. The van der Waals surface area contributed by atoms with Crippen molar-refractivity contribution in [1.29, 1.82) is 0 Å². The van der Waals surface area contributed by atoms with E-state index in [0.29, 0.717) is 0 Å². The van der Waals surface area contributed by atoms with Crippen LogP contribution in [-0.2, 0) is 4.79 Å². The number of carbonyl (C=O) groups excluding carboxylic acids is 1. The summed E-state index contributed by atoms with van der Waals surface area (Å²) in [4.78, 5) is 14.6. The molecule has 122 valence electrons. The number of carbonyl (C=O) groups is 1. The maximum atomic E-state index is 12.5. The van der Waals surface area contributed by atoms with Crippen molar-refractivity contribution in [3.05, 3.63) is 42.5 Å². The Labute approximate surface area is 147 Å². The maximum absolute atomic E-state index is 12.5. The van der Waals surface area contributed by atoms with Gasteiger partial charge >= 0.3 is 0 Å². The number of nitrogens with zero attached hydrogens (tertiary/aromatic N) is 1. The SMILES string of the molecule is CCN(CC)C(=S)S[C@H](C)C(=O)Nc1cccc2ccccc12. The number of rotatable bonds is 5. The molecular weight excluding hydrogens is 324 g/mol. The molecule has 0 heterocycles. The smallest absolute Gasteiger partial charge is 0.237 e. The Balaban J connectivity index is 2.07. The molecular formula is C18H22N2OS2. The molecule has 1 atom stereocenters. The first kappa shape index (κ1) is 17.8. The fourth-order valence-corrected chi connectivity index (χ4v) is 3.90. The molecule has 2 rings (SSSR count). The van der Waals surface area contributed by atoms with Crippen LogP contribution in [0.25, 0.3) is 10.8 Å². The largest absolute Gasteiger partial charge is 0.358 e. The Bertz CT molecular complexity index is 693. The van der Waals surface area contributed by atoms with Crippen LogP contribution >= 0.6 is 24.0 Å². The van der Waals surface area contributed by atoms with Gasteiger partial charge in [-0.1, -0.05) is 60.4 Å². The third-order valence-corrected chi connectivity index (χ3v) is 5.29. The Kier molecular flexibility index (Phi) is 6.42. The minimum atomic E-state index is -0.234. The van der Waals surface area contributed by atoms with Crippen molar-refractivity contribution in [1.82, 2.24) is 4.90 Å². The van der Waals surface area contributed by atoms with Gasteiger partial charge in [-0.05, 0) is 32.2 Å². The lowest BCUT2D eigenvalue weighted by molar-refractivity contribution is -0.115. The van der Waals surface area contributed by atoms with Crippen LogP contribution in [0, 0.1) is 0 Å². The molecule has 1 amide bonds. The molecule has 0 unspecified atom stereocenters. The van der Waals surface area contributed by atoms with Gasteiger partial charge in [0, 0.05) is 24.2 Å². The van der Waals surface area contributed by atoms with Gasteiger partial charge in [0.1, 0.15) is 4.32 Å². The number of thiocarbonyl (C=S) groups is 1. The molecule has 2 aromatic carbocycles. The van der Waals surface area contributed by atoms with E-state index >= 15 is 0 Å². The lowest BCUT2D eigenvalue weighted by Crippen LogP contribution is -2.31. The summed E-state index contributed by atoms with van der Waals surface area (Å²) >= 11 is 6.85. The van der Waals surface area contributed by atoms with E-state index in [4.69, 9.17) is 12.2 Å². The van der Waals surface area contributed by atoms with E-state index < -0.39 is 0 Å². The van der Waals surface area contributed by atoms with E-state index in [1.807, 2.05) is 49.4 Å². The van der Waals surface area contributed by atoms with Gasteiger partial charge in [0.15, 0.2) is 0 Å². The van der Waals surface area contributed by atoms with E-state index in [-0.39, 0.29) is 11.2 Å². The minimum absolute atomic E-state index is 0.0270. The molecule has 0 saturated carbocycles. The highest BCUT2D eigenvalue weighted by molar-refractivity contribution is 8.23. The predicted octanol–water partition coefficient (Wildman–Crippen LogP) is 4.53. The van der Waals surface area contributed by atoms with Crippen LogP contribution in [0.1, 0.15) is 20.8 Å². The molecule has 2 aromatic rings. The van der Waals surface area contributed by atoms with Crippen LogP contribution in [0.3, 0.4) is 0 Å². The molecule has 0 spiro atoms. The summed E-state index contributed by atoms with van der Waals surface area (Å²) in [6.45, 7) is 7.75. The van der Waals surface area contributed by atoms with E-state index in [9.17, 15) is 4.79 Å². The zero-order valence-electron chi connectivity index (χ0n) is 13.7. The molecule has 23 heavy (non-hydrogen) atoms. The second-order valence-corrected chi connectivity index (χ2v) is 7.19. The summed E-state index contributed by atoms with van der Waals surface area (Å²) in [5.74, 6) is -0.0270. The summed E-state index contributed by atoms with van der Waals surface area (Å²) in [5, 5.41) is 4.96. The molecule has 0 aromatic heterocycles. The van der Waals surface area contributed by atoms with Gasteiger partial charge in [-0.3, -0.25) is 4.79 Å². The van der Waals surface area contributed by atoms with E-state index in [2.05, 4.69) is 24.1 Å². The normalized spacial score (nSPS) is 12.0. The first-order valence-electron chi connectivity index (χ1n) is 7.81. The molecule has 0 aliphatic carbocycles. The van der Waals surface area contributed by atoms with Crippen molar-refractivity contribution in [2.24, 2.45) is 0 Å². The number of fused-ring (bicyclic) bond motifs is 1. The van der Waals surface area contributed by atoms with Crippen LogP contribution in [0.5, 0.6) is 0 Å². The molecule has 0 fully saturated rings. The molecule has 0 radical (unpaired) electrons. The summed E-state index contributed by atoms with van der Waals surface area (Å²) in [6, 6.07) is 14.0. The topological polar surface area (TPSA) is 32.3 Å². The second-order valence-electron chi connectivity index (χ2n) is 5.21. The zero-order chi connectivity index (χ0) is 16.8. The van der Waals surface area contributed by atoms with Gasteiger partial charge in [0.2, 0.25) is 5.91 Å². The number of anilines is 1. The summed E-state index contributed by atoms with van der Waals surface area (Å²) in [7, 11) is 0. The van der Waals surface area contributed by atoms with Crippen LogP contribution in [0.2, 0.25) is 0 Å². The quantitative estimate of drug-likeness (QED) is 0.807. The maximum Gasteiger partial charge on any atom is 0.237 e. The summed E-state index contributed by atoms with van der Waals surface area (Å²) in [6.07, 6.45) is 0. The van der Waals surface area contributed by atoms with E-state index in [1.54, 1.807) is 0 Å². The van der Waals surface area contributed by atoms with Crippen LogP contribution in [0.4, 0.5) is 5.69 Å².